The van der Waals surface area contributed by atoms with Gasteiger partial charge in [-0.15, -0.1) is 0 Å². The van der Waals surface area contributed by atoms with Crippen molar-refractivity contribution in [1.82, 2.24) is 4.90 Å². The Balaban J connectivity index is 2.25. The molecule has 2 aliphatic rings. The second-order valence-corrected chi connectivity index (χ2v) is 9.20. The molecule has 1 atom stereocenters. The van der Waals surface area contributed by atoms with E-state index in [0.29, 0.717) is 18.7 Å². The molecule has 1 unspecified atom stereocenters. The van der Waals surface area contributed by atoms with Crippen molar-refractivity contribution >= 4 is 7.12 Å². The molecule has 4 nitrogen and oxygen atoms in total. The van der Waals surface area contributed by atoms with E-state index in [9.17, 15) is 5.11 Å². The summed E-state index contributed by atoms with van der Waals surface area (Å²) in [6.07, 6.45) is 1.45. The molecule has 2 heterocycles. The van der Waals surface area contributed by atoms with Crippen LogP contribution in [0.1, 0.15) is 61.3 Å². The van der Waals surface area contributed by atoms with Crippen LogP contribution in [-0.2, 0) is 9.31 Å². The third-order valence-electron chi connectivity index (χ3n) is 5.52. The molecule has 24 heavy (non-hydrogen) atoms. The lowest BCUT2D eigenvalue weighted by atomic mass is 9.75. The maximum Gasteiger partial charge on any atom is 0.525 e. The van der Waals surface area contributed by atoms with Crippen LogP contribution in [0.4, 0.5) is 4.39 Å². The van der Waals surface area contributed by atoms with Crippen molar-refractivity contribution in [2.24, 2.45) is 5.41 Å². The Bertz CT molecular complexity index is 483. The number of β-amino-alcohol motifs (C(OH)–C–C–N with tert-alkyl or cyclic N) is 1. The second kappa shape index (κ2) is 6.71. The Labute approximate surface area is 146 Å². The second-order valence-electron chi connectivity index (χ2n) is 9.20. The van der Waals surface area contributed by atoms with Crippen LogP contribution in [0.25, 0.3) is 0 Å². The first-order valence-corrected chi connectivity index (χ1v) is 8.98. The van der Waals surface area contributed by atoms with E-state index in [1.165, 1.54) is 0 Å². The fourth-order valence-electron chi connectivity index (χ4n) is 3.16. The summed E-state index contributed by atoms with van der Waals surface area (Å²) in [6.45, 7) is 15.7. The lowest BCUT2D eigenvalue weighted by Crippen LogP contribution is -2.41. The van der Waals surface area contributed by atoms with E-state index >= 15 is 4.39 Å². The standard InChI is InChI=1S/C18H33BFNO3/c1-16(2,3)14(12-21-10-8-9-13(22)11-21)15(20)19-23-17(4,5)18(6,7)24-19/h13,22H,8-12H2,1-7H3. The van der Waals surface area contributed by atoms with Crippen LogP contribution in [0.15, 0.2) is 11.3 Å². The van der Waals surface area contributed by atoms with Gasteiger partial charge >= 0.3 is 7.12 Å². The van der Waals surface area contributed by atoms with Gasteiger partial charge in [0.05, 0.1) is 17.3 Å². The summed E-state index contributed by atoms with van der Waals surface area (Å²) in [6, 6.07) is 0. The molecule has 0 aromatic rings. The number of hydrogen-bond acceptors (Lipinski definition) is 4. The van der Waals surface area contributed by atoms with Gasteiger partial charge in [0.1, 0.15) is 5.73 Å². The molecule has 0 bridgehead atoms. The normalized spacial score (nSPS) is 28.9. The van der Waals surface area contributed by atoms with Crippen molar-refractivity contribution in [3.63, 3.8) is 0 Å². The summed E-state index contributed by atoms with van der Waals surface area (Å²) in [5.41, 5.74) is -1.08. The number of rotatable bonds is 3. The number of nitrogens with zero attached hydrogens (tertiary/aromatic N) is 1. The molecular formula is C18H33BFNO3. The first-order chi connectivity index (χ1) is 10.8. The van der Waals surface area contributed by atoms with E-state index < -0.39 is 18.3 Å². The number of halogens is 1. The van der Waals surface area contributed by atoms with Crippen LogP contribution in [0.2, 0.25) is 0 Å². The maximum atomic E-state index is 15.3. The van der Waals surface area contributed by atoms with Gasteiger partial charge in [0, 0.05) is 13.1 Å². The average molecular weight is 341 g/mol. The van der Waals surface area contributed by atoms with Gasteiger partial charge in [-0.1, -0.05) is 20.8 Å². The van der Waals surface area contributed by atoms with Gasteiger partial charge < -0.3 is 14.4 Å². The molecule has 2 saturated heterocycles. The summed E-state index contributed by atoms with van der Waals surface area (Å²) in [5, 5.41) is 9.88. The highest BCUT2D eigenvalue weighted by atomic mass is 19.1. The molecule has 0 radical (unpaired) electrons. The fraction of sp³-hybridized carbons (Fsp3) is 0.889. The number of hydrogen-bond donors (Lipinski definition) is 1. The van der Waals surface area contributed by atoms with E-state index in [1.807, 2.05) is 48.5 Å². The summed E-state index contributed by atoms with van der Waals surface area (Å²) < 4.78 is 27.1. The van der Waals surface area contributed by atoms with Crippen LogP contribution in [0.5, 0.6) is 0 Å². The van der Waals surface area contributed by atoms with Gasteiger partial charge in [-0.25, -0.2) is 4.39 Å². The van der Waals surface area contributed by atoms with Crippen molar-refractivity contribution in [2.45, 2.75) is 78.6 Å². The third-order valence-corrected chi connectivity index (χ3v) is 5.52. The monoisotopic (exact) mass is 341 g/mol. The van der Waals surface area contributed by atoms with E-state index in [2.05, 4.69) is 4.90 Å². The van der Waals surface area contributed by atoms with E-state index in [0.717, 1.165) is 19.4 Å². The third kappa shape index (κ3) is 4.21. The van der Waals surface area contributed by atoms with E-state index in [1.54, 1.807) is 0 Å². The van der Waals surface area contributed by atoms with E-state index in [-0.39, 0.29) is 17.2 Å². The average Bonchev–Trinajstić information content (AvgIpc) is 2.63. The van der Waals surface area contributed by atoms with Crippen LogP contribution in [0, 0.1) is 5.41 Å². The van der Waals surface area contributed by atoms with Crippen molar-refractivity contribution in [3.8, 4) is 0 Å². The fourth-order valence-corrected chi connectivity index (χ4v) is 3.16. The summed E-state index contributed by atoms with van der Waals surface area (Å²) in [7, 11) is -0.959. The molecule has 0 aromatic carbocycles. The summed E-state index contributed by atoms with van der Waals surface area (Å²) in [4.78, 5) is 2.12. The molecule has 0 aliphatic carbocycles. The van der Waals surface area contributed by atoms with Crippen molar-refractivity contribution in [2.75, 3.05) is 19.6 Å². The Kier molecular flexibility index (Phi) is 5.56. The van der Waals surface area contributed by atoms with Gasteiger partial charge in [0.2, 0.25) is 0 Å². The molecule has 138 valence electrons. The number of likely N-dealkylation sites (tertiary alicyclic amines) is 1. The predicted octanol–water partition coefficient (Wildman–Crippen LogP) is 3.34. The maximum absolute atomic E-state index is 15.3. The van der Waals surface area contributed by atoms with Gasteiger partial charge in [-0.3, -0.25) is 4.90 Å². The Morgan fingerprint density at radius 3 is 2.21 bits per heavy atom. The van der Waals surface area contributed by atoms with Crippen LogP contribution in [-0.4, -0.2) is 54.1 Å². The zero-order valence-electron chi connectivity index (χ0n) is 16.3. The Morgan fingerprint density at radius 1 is 1.21 bits per heavy atom. The Hall–Kier alpha value is -0.425. The zero-order chi connectivity index (χ0) is 18.3. The highest BCUT2D eigenvalue weighted by Gasteiger charge is 2.54. The smallest absolute Gasteiger partial charge is 0.398 e. The summed E-state index contributed by atoms with van der Waals surface area (Å²) >= 11 is 0. The highest BCUT2D eigenvalue weighted by Crippen LogP contribution is 2.41. The van der Waals surface area contributed by atoms with Crippen LogP contribution >= 0.6 is 0 Å². The largest absolute Gasteiger partial charge is 0.525 e. The lowest BCUT2D eigenvalue weighted by Gasteiger charge is -2.34. The lowest BCUT2D eigenvalue weighted by molar-refractivity contribution is 0.00578. The minimum absolute atomic E-state index is 0.318. The quantitative estimate of drug-likeness (QED) is 0.800. The zero-order valence-corrected chi connectivity index (χ0v) is 16.3. The van der Waals surface area contributed by atoms with Gasteiger partial charge in [0.25, 0.3) is 0 Å². The van der Waals surface area contributed by atoms with E-state index in [4.69, 9.17) is 9.31 Å². The van der Waals surface area contributed by atoms with Crippen molar-refractivity contribution < 1.29 is 18.8 Å². The van der Waals surface area contributed by atoms with Crippen molar-refractivity contribution in [1.29, 1.82) is 0 Å². The first kappa shape index (κ1) is 19.9. The first-order valence-electron chi connectivity index (χ1n) is 8.98. The molecule has 2 aliphatic heterocycles. The summed E-state index contributed by atoms with van der Waals surface area (Å²) in [5.74, 6) is 0. The number of aliphatic hydroxyl groups excluding tert-OH is 1. The van der Waals surface area contributed by atoms with Gasteiger partial charge in [-0.05, 0) is 58.1 Å². The minimum atomic E-state index is -0.959. The molecule has 2 fully saturated rings. The molecule has 0 spiro atoms. The number of piperidine rings is 1. The minimum Gasteiger partial charge on any atom is -0.398 e. The van der Waals surface area contributed by atoms with Gasteiger partial charge in [-0.2, -0.15) is 0 Å². The highest BCUT2D eigenvalue weighted by molar-refractivity contribution is 6.53. The molecule has 6 heteroatoms. The van der Waals surface area contributed by atoms with Gasteiger partial charge in [0.15, 0.2) is 0 Å². The molecular weight excluding hydrogens is 308 g/mol. The van der Waals surface area contributed by atoms with Crippen molar-refractivity contribution in [3.05, 3.63) is 11.3 Å². The predicted molar refractivity (Wildman–Crippen MR) is 95.4 cm³/mol. The van der Waals surface area contributed by atoms with Crippen LogP contribution in [0.3, 0.4) is 0 Å². The topological polar surface area (TPSA) is 41.9 Å². The molecule has 0 aromatic heterocycles. The molecule has 2 rings (SSSR count). The molecule has 0 amide bonds. The SMILES string of the molecule is CC(C)(C)C(CN1CCCC(O)C1)=C(F)B1OC(C)(C)C(C)(C)O1. The molecule has 1 N–H and O–H groups in total. The number of aliphatic hydroxyl groups is 1. The molecule has 0 saturated carbocycles. The Morgan fingerprint density at radius 2 is 1.75 bits per heavy atom. The van der Waals surface area contributed by atoms with Crippen LogP contribution < -0.4 is 0 Å².